The summed E-state index contributed by atoms with van der Waals surface area (Å²) in [7, 11) is 0. The van der Waals surface area contributed by atoms with E-state index in [4.69, 9.17) is 27.9 Å². The van der Waals surface area contributed by atoms with Gasteiger partial charge in [0.2, 0.25) is 5.91 Å². The van der Waals surface area contributed by atoms with Gasteiger partial charge in [0, 0.05) is 12.8 Å². The molecule has 0 saturated heterocycles. The molecular formula is C9H10Cl2N2O2. The van der Waals surface area contributed by atoms with Crippen LogP contribution >= 0.6 is 23.2 Å². The Kier molecular flexibility index (Phi) is 4.81. The van der Waals surface area contributed by atoms with Gasteiger partial charge in [0.05, 0.1) is 21.9 Å². The van der Waals surface area contributed by atoms with Crippen LogP contribution in [0, 0.1) is 0 Å². The molecule has 0 spiro atoms. The summed E-state index contributed by atoms with van der Waals surface area (Å²) >= 11 is 11.6. The SMILES string of the molecule is CCOCC(=O)Nc1cncc(Cl)c1Cl. The largest absolute Gasteiger partial charge is 0.372 e. The number of carbonyl (C=O) groups excluding carboxylic acids is 1. The summed E-state index contributed by atoms with van der Waals surface area (Å²) in [6, 6.07) is 0. The molecule has 0 aliphatic carbocycles. The van der Waals surface area contributed by atoms with Gasteiger partial charge in [-0.15, -0.1) is 0 Å². The summed E-state index contributed by atoms with van der Waals surface area (Å²) in [4.78, 5) is 15.1. The Morgan fingerprint density at radius 3 is 2.93 bits per heavy atom. The minimum absolute atomic E-state index is 0.0145. The predicted octanol–water partition coefficient (Wildman–Crippen LogP) is 2.36. The Balaban J connectivity index is 2.64. The maximum absolute atomic E-state index is 11.3. The zero-order chi connectivity index (χ0) is 11.3. The maximum atomic E-state index is 11.3. The first-order chi connectivity index (χ1) is 7.15. The van der Waals surface area contributed by atoms with E-state index < -0.39 is 0 Å². The normalized spacial score (nSPS) is 10.1. The van der Waals surface area contributed by atoms with Crippen LogP contribution in [0.4, 0.5) is 5.69 Å². The number of ether oxygens (including phenoxy) is 1. The number of carbonyl (C=O) groups is 1. The number of anilines is 1. The average Bonchev–Trinajstić information content (AvgIpc) is 2.22. The van der Waals surface area contributed by atoms with Crippen molar-refractivity contribution in [3.63, 3.8) is 0 Å². The number of nitrogens with zero attached hydrogens (tertiary/aromatic N) is 1. The Bertz CT molecular complexity index is 358. The fraction of sp³-hybridized carbons (Fsp3) is 0.333. The molecule has 1 aromatic rings. The Morgan fingerprint density at radius 2 is 2.27 bits per heavy atom. The maximum Gasteiger partial charge on any atom is 0.250 e. The molecule has 0 fully saturated rings. The van der Waals surface area contributed by atoms with E-state index in [1.807, 2.05) is 0 Å². The van der Waals surface area contributed by atoms with Gasteiger partial charge in [-0.05, 0) is 6.92 Å². The summed E-state index contributed by atoms with van der Waals surface area (Å²) in [5.74, 6) is -0.289. The third kappa shape index (κ3) is 3.66. The van der Waals surface area contributed by atoms with Crippen LogP contribution in [0.3, 0.4) is 0 Å². The second-order valence-corrected chi connectivity index (χ2v) is 3.45. The van der Waals surface area contributed by atoms with Crippen LogP contribution in [0.5, 0.6) is 0 Å². The van der Waals surface area contributed by atoms with E-state index in [2.05, 4.69) is 10.3 Å². The van der Waals surface area contributed by atoms with Crippen LogP contribution in [0.15, 0.2) is 12.4 Å². The number of pyridine rings is 1. The molecule has 0 aliphatic heterocycles. The Labute approximate surface area is 97.5 Å². The second kappa shape index (κ2) is 5.90. The molecule has 0 unspecified atom stereocenters. The van der Waals surface area contributed by atoms with Crippen molar-refractivity contribution in [2.24, 2.45) is 0 Å². The lowest BCUT2D eigenvalue weighted by molar-refractivity contribution is -0.120. The van der Waals surface area contributed by atoms with Gasteiger partial charge in [0.25, 0.3) is 0 Å². The van der Waals surface area contributed by atoms with Crippen LogP contribution in [-0.4, -0.2) is 24.1 Å². The van der Waals surface area contributed by atoms with Crippen molar-refractivity contribution < 1.29 is 9.53 Å². The van der Waals surface area contributed by atoms with Crippen molar-refractivity contribution in [3.05, 3.63) is 22.4 Å². The number of hydrogen-bond acceptors (Lipinski definition) is 3. The minimum Gasteiger partial charge on any atom is -0.372 e. The molecule has 15 heavy (non-hydrogen) atoms. The molecule has 4 nitrogen and oxygen atoms in total. The van der Waals surface area contributed by atoms with E-state index in [1.54, 1.807) is 6.92 Å². The van der Waals surface area contributed by atoms with Crippen LogP contribution in [0.1, 0.15) is 6.92 Å². The fourth-order valence-corrected chi connectivity index (χ4v) is 1.19. The number of aromatic nitrogens is 1. The lowest BCUT2D eigenvalue weighted by Gasteiger charge is -2.07. The van der Waals surface area contributed by atoms with E-state index in [0.29, 0.717) is 17.3 Å². The molecule has 0 atom stereocenters. The summed E-state index contributed by atoms with van der Waals surface area (Å²) in [5.41, 5.74) is 0.383. The molecule has 0 bridgehead atoms. The third-order valence-electron chi connectivity index (χ3n) is 1.55. The summed E-state index contributed by atoms with van der Waals surface area (Å²) < 4.78 is 4.93. The topological polar surface area (TPSA) is 51.2 Å². The van der Waals surface area contributed by atoms with Crippen LogP contribution < -0.4 is 5.32 Å². The smallest absolute Gasteiger partial charge is 0.250 e. The fourth-order valence-electron chi connectivity index (χ4n) is 0.887. The van der Waals surface area contributed by atoms with Gasteiger partial charge >= 0.3 is 0 Å². The van der Waals surface area contributed by atoms with E-state index in [9.17, 15) is 4.79 Å². The zero-order valence-corrected chi connectivity index (χ0v) is 9.60. The first kappa shape index (κ1) is 12.2. The predicted molar refractivity (Wildman–Crippen MR) is 59.4 cm³/mol. The van der Waals surface area contributed by atoms with Gasteiger partial charge in [-0.1, -0.05) is 23.2 Å². The van der Waals surface area contributed by atoms with Gasteiger partial charge in [0.15, 0.2) is 0 Å². The van der Waals surface area contributed by atoms with E-state index >= 15 is 0 Å². The lowest BCUT2D eigenvalue weighted by atomic mass is 10.4. The van der Waals surface area contributed by atoms with Crippen LogP contribution in [0.2, 0.25) is 10.0 Å². The molecule has 6 heteroatoms. The molecule has 0 aliphatic rings. The molecule has 1 rings (SSSR count). The molecule has 1 heterocycles. The highest BCUT2D eigenvalue weighted by atomic mass is 35.5. The zero-order valence-electron chi connectivity index (χ0n) is 8.09. The van der Waals surface area contributed by atoms with Gasteiger partial charge in [-0.2, -0.15) is 0 Å². The van der Waals surface area contributed by atoms with Crippen molar-refractivity contribution in [2.45, 2.75) is 6.92 Å². The van der Waals surface area contributed by atoms with Crippen molar-refractivity contribution >= 4 is 34.8 Å². The van der Waals surface area contributed by atoms with Crippen LogP contribution in [0.25, 0.3) is 0 Å². The summed E-state index contributed by atoms with van der Waals surface area (Å²) in [6.07, 6.45) is 2.83. The number of nitrogens with one attached hydrogen (secondary N) is 1. The van der Waals surface area contributed by atoms with Crippen LogP contribution in [-0.2, 0) is 9.53 Å². The van der Waals surface area contributed by atoms with Crippen molar-refractivity contribution in [3.8, 4) is 0 Å². The van der Waals surface area contributed by atoms with E-state index in [1.165, 1.54) is 12.4 Å². The first-order valence-electron chi connectivity index (χ1n) is 4.31. The van der Waals surface area contributed by atoms with Crippen molar-refractivity contribution in [1.29, 1.82) is 0 Å². The van der Waals surface area contributed by atoms with Crippen molar-refractivity contribution in [1.82, 2.24) is 4.98 Å². The second-order valence-electron chi connectivity index (χ2n) is 2.67. The van der Waals surface area contributed by atoms with Gasteiger partial charge < -0.3 is 10.1 Å². The molecule has 0 aromatic carbocycles. The van der Waals surface area contributed by atoms with E-state index in [0.717, 1.165) is 0 Å². The quantitative estimate of drug-likeness (QED) is 0.891. The van der Waals surface area contributed by atoms with Gasteiger partial charge in [-0.25, -0.2) is 0 Å². The average molecular weight is 249 g/mol. The summed E-state index contributed by atoms with van der Waals surface area (Å²) in [6.45, 7) is 2.27. The number of hydrogen-bond donors (Lipinski definition) is 1. The molecule has 1 aromatic heterocycles. The number of rotatable bonds is 4. The lowest BCUT2D eigenvalue weighted by Crippen LogP contribution is -2.18. The first-order valence-corrected chi connectivity index (χ1v) is 5.07. The highest BCUT2D eigenvalue weighted by molar-refractivity contribution is 6.43. The number of amides is 1. The van der Waals surface area contributed by atoms with Crippen molar-refractivity contribution in [2.75, 3.05) is 18.5 Å². The standard InChI is InChI=1S/C9H10Cl2N2O2/c1-2-15-5-8(14)13-7-4-12-3-6(10)9(7)11/h3-4H,2,5H2,1H3,(H,13,14). The highest BCUT2D eigenvalue weighted by Gasteiger charge is 2.08. The van der Waals surface area contributed by atoms with Gasteiger partial charge in [-0.3, -0.25) is 9.78 Å². The highest BCUT2D eigenvalue weighted by Crippen LogP contribution is 2.28. The Morgan fingerprint density at radius 1 is 1.53 bits per heavy atom. The molecule has 0 radical (unpaired) electrons. The molecule has 1 N–H and O–H groups in total. The summed E-state index contributed by atoms with van der Waals surface area (Å²) in [5, 5.41) is 3.11. The molecule has 1 amide bonds. The van der Waals surface area contributed by atoms with Gasteiger partial charge in [0.1, 0.15) is 6.61 Å². The number of halogens is 2. The van der Waals surface area contributed by atoms with E-state index in [-0.39, 0.29) is 17.5 Å². The Hall–Kier alpha value is -0.840. The minimum atomic E-state index is -0.289. The third-order valence-corrected chi connectivity index (χ3v) is 2.34. The molecular weight excluding hydrogens is 239 g/mol. The molecule has 82 valence electrons. The monoisotopic (exact) mass is 248 g/mol. The molecule has 0 saturated carbocycles.